The summed E-state index contributed by atoms with van der Waals surface area (Å²) in [6.07, 6.45) is 7.20. The van der Waals surface area contributed by atoms with Gasteiger partial charge in [0.15, 0.2) is 0 Å². The van der Waals surface area contributed by atoms with Crippen LogP contribution >= 0.6 is 12.4 Å². The number of carbonyl (C=O) groups is 1. The molecule has 3 aliphatic rings. The summed E-state index contributed by atoms with van der Waals surface area (Å²) < 4.78 is 0. The lowest BCUT2D eigenvalue weighted by Gasteiger charge is -2.21. The summed E-state index contributed by atoms with van der Waals surface area (Å²) in [5.74, 6) is 2.59. The van der Waals surface area contributed by atoms with E-state index < -0.39 is 0 Å². The van der Waals surface area contributed by atoms with Crippen molar-refractivity contribution >= 4 is 29.7 Å². The molecule has 3 unspecified atom stereocenters. The first kappa shape index (κ1) is 14.7. The first-order chi connectivity index (χ1) is 9.78. The van der Waals surface area contributed by atoms with Crippen LogP contribution in [0.1, 0.15) is 37.7 Å². The van der Waals surface area contributed by atoms with Crippen LogP contribution in [0.15, 0.2) is 18.2 Å². The van der Waals surface area contributed by atoms with E-state index in [1.54, 1.807) is 0 Å². The monoisotopic (exact) mass is 306 g/mol. The second-order valence-electron chi connectivity index (χ2n) is 6.74. The van der Waals surface area contributed by atoms with Gasteiger partial charge in [-0.05, 0) is 67.2 Å². The number of fused-ring (bicyclic) bond motifs is 3. The van der Waals surface area contributed by atoms with E-state index >= 15 is 0 Å². The number of halogens is 1. The highest BCUT2D eigenvalue weighted by Gasteiger charge is 2.40. The Morgan fingerprint density at radius 3 is 2.95 bits per heavy atom. The zero-order valence-electron chi connectivity index (χ0n) is 12.2. The minimum absolute atomic E-state index is 0. The van der Waals surface area contributed by atoms with Crippen LogP contribution in [0.5, 0.6) is 0 Å². The van der Waals surface area contributed by atoms with Gasteiger partial charge >= 0.3 is 0 Å². The van der Waals surface area contributed by atoms with Crippen molar-refractivity contribution in [2.45, 2.75) is 38.5 Å². The van der Waals surface area contributed by atoms with E-state index in [-0.39, 0.29) is 18.3 Å². The van der Waals surface area contributed by atoms with Crippen molar-refractivity contribution in [3.05, 3.63) is 23.8 Å². The standard InChI is InChI=1S/C17H22N2O.ClH/c20-17(10-14-8-11-1-2-12(14)7-11)19-15-3-4-16-13(9-15)5-6-18-16;/h3-4,9,11-12,14,18H,1-2,5-8,10H2,(H,19,20);1H. The molecule has 1 aliphatic heterocycles. The normalized spacial score (nSPS) is 28.7. The van der Waals surface area contributed by atoms with E-state index in [1.165, 1.54) is 36.9 Å². The van der Waals surface area contributed by atoms with E-state index in [9.17, 15) is 4.79 Å². The SMILES string of the molecule is Cl.O=C(CC1CC2CCC1C2)Nc1ccc2c(c1)CCN2. The van der Waals surface area contributed by atoms with Crippen LogP contribution in [0.3, 0.4) is 0 Å². The molecule has 114 valence electrons. The highest BCUT2D eigenvalue weighted by atomic mass is 35.5. The van der Waals surface area contributed by atoms with Gasteiger partial charge in [0.2, 0.25) is 5.91 Å². The molecule has 4 rings (SSSR count). The Labute approximate surface area is 132 Å². The van der Waals surface area contributed by atoms with Gasteiger partial charge in [0.05, 0.1) is 0 Å². The lowest BCUT2D eigenvalue weighted by atomic mass is 9.86. The highest BCUT2D eigenvalue weighted by molar-refractivity contribution is 5.91. The topological polar surface area (TPSA) is 41.1 Å². The molecular formula is C17H23ClN2O. The smallest absolute Gasteiger partial charge is 0.224 e. The third kappa shape index (κ3) is 2.89. The molecule has 3 atom stereocenters. The van der Waals surface area contributed by atoms with E-state index in [1.807, 2.05) is 6.07 Å². The van der Waals surface area contributed by atoms with Crippen LogP contribution in [0.2, 0.25) is 0 Å². The minimum Gasteiger partial charge on any atom is -0.384 e. The quantitative estimate of drug-likeness (QED) is 0.891. The number of hydrogen-bond acceptors (Lipinski definition) is 2. The summed E-state index contributed by atoms with van der Waals surface area (Å²) in [5, 5.41) is 6.44. The van der Waals surface area contributed by atoms with Crippen LogP contribution in [0.4, 0.5) is 11.4 Å². The van der Waals surface area contributed by atoms with Gasteiger partial charge in [0.25, 0.3) is 0 Å². The molecule has 2 aliphatic carbocycles. The number of rotatable bonds is 3. The van der Waals surface area contributed by atoms with E-state index in [2.05, 4.69) is 22.8 Å². The molecule has 3 nitrogen and oxygen atoms in total. The van der Waals surface area contributed by atoms with Gasteiger partial charge < -0.3 is 10.6 Å². The summed E-state index contributed by atoms with van der Waals surface area (Å²) in [5.41, 5.74) is 3.50. The van der Waals surface area contributed by atoms with Gasteiger partial charge in [-0.25, -0.2) is 0 Å². The highest BCUT2D eigenvalue weighted by Crippen LogP contribution is 2.49. The van der Waals surface area contributed by atoms with Gasteiger partial charge in [0.1, 0.15) is 0 Å². The molecule has 21 heavy (non-hydrogen) atoms. The summed E-state index contributed by atoms with van der Waals surface area (Å²) in [4.78, 5) is 12.2. The Morgan fingerprint density at radius 1 is 1.29 bits per heavy atom. The zero-order chi connectivity index (χ0) is 13.5. The maximum atomic E-state index is 12.2. The maximum Gasteiger partial charge on any atom is 0.224 e. The van der Waals surface area contributed by atoms with Crippen molar-refractivity contribution in [2.24, 2.45) is 17.8 Å². The third-order valence-corrected chi connectivity index (χ3v) is 5.43. The Bertz CT molecular complexity index is 546. The predicted octanol–water partition coefficient (Wildman–Crippen LogP) is 3.84. The van der Waals surface area contributed by atoms with Gasteiger partial charge in [0, 0.05) is 24.3 Å². The second kappa shape index (κ2) is 5.88. The molecular weight excluding hydrogens is 284 g/mol. The van der Waals surface area contributed by atoms with Crippen LogP contribution in [0, 0.1) is 17.8 Å². The molecule has 2 bridgehead atoms. The first-order valence-corrected chi connectivity index (χ1v) is 7.94. The Hall–Kier alpha value is -1.22. The fourth-order valence-corrected chi connectivity index (χ4v) is 4.46. The van der Waals surface area contributed by atoms with Crippen LogP contribution in [-0.2, 0) is 11.2 Å². The maximum absolute atomic E-state index is 12.2. The van der Waals surface area contributed by atoms with E-state index in [0.29, 0.717) is 5.92 Å². The van der Waals surface area contributed by atoms with Gasteiger partial charge in [-0.3, -0.25) is 4.79 Å². The second-order valence-corrected chi connectivity index (χ2v) is 6.74. The largest absolute Gasteiger partial charge is 0.384 e. The number of anilines is 2. The van der Waals surface area contributed by atoms with E-state index in [0.717, 1.165) is 36.9 Å². The van der Waals surface area contributed by atoms with Crippen LogP contribution in [-0.4, -0.2) is 12.5 Å². The van der Waals surface area contributed by atoms with Gasteiger partial charge in [-0.2, -0.15) is 0 Å². The summed E-state index contributed by atoms with van der Waals surface area (Å²) in [6.45, 7) is 1.01. The molecule has 0 aromatic heterocycles. The predicted molar refractivity (Wildman–Crippen MR) is 88.1 cm³/mol. The minimum atomic E-state index is 0. The van der Waals surface area contributed by atoms with Crippen molar-refractivity contribution in [1.29, 1.82) is 0 Å². The average molecular weight is 307 g/mol. The molecule has 2 saturated carbocycles. The van der Waals surface area contributed by atoms with Crippen molar-refractivity contribution in [1.82, 2.24) is 0 Å². The van der Waals surface area contributed by atoms with Crippen molar-refractivity contribution in [3.8, 4) is 0 Å². The fourth-order valence-electron chi connectivity index (χ4n) is 4.46. The van der Waals surface area contributed by atoms with E-state index in [4.69, 9.17) is 0 Å². The van der Waals surface area contributed by atoms with Crippen molar-refractivity contribution in [3.63, 3.8) is 0 Å². The molecule has 4 heteroatoms. The average Bonchev–Trinajstić information content (AvgIpc) is 3.13. The molecule has 0 saturated heterocycles. The molecule has 1 heterocycles. The molecule has 1 aromatic rings. The van der Waals surface area contributed by atoms with Gasteiger partial charge in [-0.15, -0.1) is 12.4 Å². The Kier molecular flexibility index (Phi) is 4.12. The lowest BCUT2D eigenvalue weighted by molar-refractivity contribution is -0.117. The third-order valence-electron chi connectivity index (χ3n) is 5.43. The van der Waals surface area contributed by atoms with Crippen LogP contribution < -0.4 is 10.6 Å². The van der Waals surface area contributed by atoms with Crippen LogP contribution in [0.25, 0.3) is 0 Å². The summed E-state index contributed by atoms with van der Waals surface area (Å²) in [7, 11) is 0. The number of carbonyl (C=O) groups excluding carboxylic acids is 1. The molecule has 0 radical (unpaired) electrons. The number of benzene rings is 1. The number of amides is 1. The lowest BCUT2D eigenvalue weighted by Crippen LogP contribution is -2.20. The molecule has 1 amide bonds. The fraction of sp³-hybridized carbons (Fsp3) is 0.588. The van der Waals surface area contributed by atoms with Gasteiger partial charge in [-0.1, -0.05) is 6.42 Å². The summed E-state index contributed by atoms with van der Waals surface area (Å²) in [6, 6.07) is 6.21. The Morgan fingerprint density at radius 2 is 2.19 bits per heavy atom. The molecule has 2 fully saturated rings. The molecule has 1 aromatic carbocycles. The number of nitrogens with one attached hydrogen (secondary N) is 2. The number of hydrogen-bond donors (Lipinski definition) is 2. The first-order valence-electron chi connectivity index (χ1n) is 7.94. The molecule has 2 N–H and O–H groups in total. The Balaban J connectivity index is 0.00000132. The van der Waals surface area contributed by atoms with Crippen molar-refractivity contribution < 1.29 is 4.79 Å². The molecule has 0 spiro atoms. The summed E-state index contributed by atoms with van der Waals surface area (Å²) >= 11 is 0. The zero-order valence-corrected chi connectivity index (χ0v) is 13.0. The van der Waals surface area contributed by atoms with Crippen molar-refractivity contribution in [2.75, 3.05) is 17.2 Å².